The third-order valence-corrected chi connectivity index (χ3v) is 5.02. The first-order valence-corrected chi connectivity index (χ1v) is 9.76. The number of carbonyl (C=O) groups excluding carboxylic acids is 1. The van der Waals surface area contributed by atoms with Gasteiger partial charge in [0.25, 0.3) is 0 Å². The van der Waals surface area contributed by atoms with Crippen LogP contribution in [0, 0.1) is 0 Å². The highest BCUT2D eigenvalue weighted by Gasteiger charge is 2.20. The summed E-state index contributed by atoms with van der Waals surface area (Å²) >= 11 is 0. The molecule has 2 heterocycles. The number of benzene rings is 1. The van der Waals surface area contributed by atoms with Crippen LogP contribution in [0.1, 0.15) is 11.1 Å². The van der Waals surface area contributed by atoms with Gasteiger partial charge in [-0.05, 0) is 35.4 Å². The van der Waals surface area contributed by atoms with Crippen LogP contribution in [0.15, 0.2) is 42.7 Å². The molecule has 138 valence electrons. The van der Waals surface area contributed by atoms with Gasteiger partial charge in [0.2, 0.25) is 22.7 Å². The summed E-state index contributed by atoms with van der Waals surface area (Å²) in [6.07, 6.45) is 4.24. The van der Waals surface area contributed by atoms with Crippen molar-refractivity contribution in [2.24, 2.45) is 0 Å². The molecule has 1 aromatic heterocycles. The molecule has 2 aromatic rings. The Hall–Kier alpha value is -2.65. The van der Waals surface area contributed by atoms with Crippen LogP contribution >= 0.6 is 0 Å². The molecule has 9 heteroatoms. The van der Waals surface area contributed by atoms with E-state index in [4.69, 9.17) is 9.47 Å². The first kappa shape index (κ1) is 18.2. The summed E-state index contributed by atoms with van der Waals surface area (Å²) in [5.41, 5.74) is 1.59. The van der Waals surface area contributed by atoms with Crippen molar-refractivity contribution in [3.8, 4) is 11.5 Å². The fraction of sp³-hybridized carbons (Fsp3) is 0.294. The molecule has 1 aliphatic heterocycles. The second kappa shape index (κ2) is 7.71. The van der Waals surface area contributed by atoms with Crippen LogP contribution in [-0.2, 0) is 27.9 Å². The highest BCUT2D eigenvalue weighted by atomic mass is 32.2. The predicted octanol–water partition coefficient (Wildman–Crippen LogP) is 0.888. The van der Waals surface area contributed by atoms with E-state index in [-0.39, 0.29) is 32.3 Å². The summed E-state index contributed by atoms with van der Waals surface area (Å²) in [5.74, 6) is 0.912. The smallest absolute Gasteiger partial charge is 0.235 e. The molecule has 1 N–H and O–H groups in total. The molecule has 0 radical (unpaired) electrons. The van der Waals surface area contributed by atoms with Crippen molar-refractivity contribution in [2.45, 2.75) is 13.1 Å². The molecule has 8 nitrogen and oxygen atoms in total. The first-order chi connectivity index (χ1) is 12.4. The Bertz CT molecular complexity index is 887. The van der Waals surface area contributed by atoms with Gasteiger partial charge in [0.1, 0.15) is 0 Å². The number of amides is 1. The second-order valence-corrected chi connectivity index (χ2v) is 7.83. The average molecular weight is 377 g/mol. The molecule has 0 aliphatic carbocycles. The molecule has 0 saturated carbocycles. The van der Waals surface area contributed by atoms with Crippen LogP contribution in [0.3, 0.4) is 0 Å². The van der Waals surface area contributed by atoms with E-state index in [0.717, 1.165) is 21.7 Å². The third-order valence-electron chi connectivity index (χ3n) is 3.82. The van der Waals surface area contributed by atoms with Gasteiger partial charge in [-0.2, -0.15) is 4.31 Å². The van der Waals surface area contributed by atoms with Crippen LogP contribution in [0.4, 0.5) is 0 Å². The first-order valence-electron chi connectivity index (χ1n) is 7.91. The Balaban J connectivity index is 1.59. The van der Waals surface area contributed by atoms with E-state index < -0.39 is 10.0 Å². The number of nitrogens with zero attached hydrogens (tertiary/aromatic N) is 2. The molecule has 26 heavy (non-hydrogen) atoms. The summed E-state index contributed by atoms with van der Waals surface area (Å²) < 4.78 is 35.6. The van der Waals surface area contributed by atoms with Gasteiger partial charge in [0, 0.05) is 25.5 Å². The maximum Gasteiger partial charge on any atom is 0.235 e. The van der Waals surface area contributed by atoms with Crippen LogP contribution in [-0.4, -0.2) is 43.2 Å². The minimum Gasteiger partial charge on any atom is -0.454 e. The molecular formula is C17H19N3O5S. The predicted molar refractivity (Wildman–Crippen MR) is 93.9 cm³/mol. The largest absolute Gasteiger partial charge is 0.454 e. The minimum absolute atomic E-state index is 0.110. The molecule has 3 rings (SSSR count). The van der Waals surface area contributed by atoms with Crippen molar-refractivity contribution in [2.75, 3.05) is 19.6 Å². The molecular weight excluding hydrogens is 358 g/mol. The standard InChI is InChI=1S/C17H19N3O5S/c1-26(22,23)20(10-13-4-6-18-7-5-13)11-17(21)19-9-14-2-3-15-16(8-14)25-12-24-15/h2-8H,9-12H2,1H3,(H,19,21). The lowest BCUT2D eigenvalue weighted by molar-refractivity contribution is -0.121. The lowest BCUT2D eigenvalue weighted by Gasteiger charge is -2.19. The van der Waals surface area contributed by atoms with Crippen LogP contribution in [0.25, 0.3) is 0 Å². The van der Waals surface area contributed by atoms with E-state index >= 15 is 0 Å². The van der Waals surface area contributed by atoms with Gasteiger partial charge < -0.3 is 14.8 Å². The van der Waals surface area contributed by atoms with Crippen molar-refractivity contribution >= 4 is 15.9 Å². The Morgan fingerprint density at radius 1 is 1.15 bits per heavy atom. The molecule has 0 unspecified atom stereocenters. The summed E-state index contributed by atoms with van der Waals surface area (Å²) in [6, 6.07) is 8.80. The average Bonchev–Trinajstić information content (AvgIpc) is 3.07. The summed E-state index contributed by atoms with van der Waals surface area (Å²) in [6.45, 7) is 0.302. The van der Waals surface area contributed by atoms with Crippen molar-refractivity contribution in [3.05, 3.63) is 53.9 Å². The van der Waals surface area contributed by atoms with E-state index in [1.165, 1.54) is 0 Å². The van der Waals surface area contributed by atoms with Gasteiger partial charge in [0.05, 0.1) is 12.8 Å². The number of nitrogens with one attached hydrogen (secondary N) is 1. The highest BCUT2D eigenvalue weighted by molar-refractivity contribution is 7.88. The molecule has 0 bridgehead atoms. The number of carbonyl (C=O) groups is 1. The van der Waals surface area contributed by atoms with E-state index in [1.807, 2.05) is 6.07 Å². The number of pyridine rings is 1. The quantitative estimate of drug-likeness (QED) is 0.770. The molecule has 0 saturated heterocycles. The van der Waals surface area contributed by atoms with Gasteiger partial charge >= 0.3 is 0 Å². The number of ether oxygens (including phenoxy) is 2. The van der Waals surface area contributed by atoms with Crippen LogP contribution < -0.4 is 14.8 Å². The molecule has 0 fully saturated rings. The zero-order valence-corrected chi connectivity index (χ0v) is 15.0. The monoisotopic (exact) mass is 377 g/mol. The van der Waals surface area contributed by atoms with E-state index in [2.05, 4.69) is 10.3 Å². The van der Waals surface area contributed by atoms with Gasteiger partial charge in [-0.25, -0.2) is 8.42 Å². The Kier molecular flexibility index (Phi) is 5.38. The fourth-order valence-corrected chi connectivity index (χ4v) is 3.19. The normalized spacial score (nSPS) is 13.0. The number of sulfonamides is 1. The SMILES string of the molecule is CS(=O)(=O)N(CC(=O)NCc1ccc2c(c1)OCO2)Cc1ccncc1. The Morgan fingerprint density at radius 3 is 2.62 bits per heavy atom. The molecule has 0 spiro atoms. The lowest BCUT2D eigenvalue weighted by Crippen LogP contribution is -2.39. The number of hydrogen-bond donors (Lipinski definition) is 1. The van der Waals surface area contributed by atoms with E-state index in [0.29, 0.717) is 11.5 Å². The fourth-order valence-electron chi connectivity index (χ4n) is 2.45. The summed E-state index contributed by atoms with van der Waals surface area (Å²) in [5, 5.41) is 2.72. The zero-order chi connectivity index (χ0) is 18.6. The summed E-state index contributed by atoms with van der Waals surface area (Å²) in [4.78, 5) is 16.1. The molecule has 0 atom stereocenters. The number of aromatic nitrogens is 1. The van der Waals surface area contributed by atoms with Gasteiger partial charge in [-0.15, -0.1) is 0 Å². The van der Waals surface area contributed by atoms with Gasteiger partial charge in [-0.3, -0.25) is 9.78 Å². The maximum absolute atomic E-state index is 12.2. The van der Waals surface area contributed by atoms with Crippen molar-refractivity contribution < 1.29 is 22.7 Å². The lowest BCUT2D eigenvalue weighted by atomic mass is 10.2. The minimum atomic E-state index is -3.53. The van der Waals surface area contributed by atoms with Gasteiger partial charge in [0.15, 0.2) is 11.5 Å². The zero-order valence-electron chi connectivity index (χ0n) is 14.2. The molecule has 1 amide bonds. The Morgan fingerprint density at radius 2 is 1.88 bits per heavy atom. The molecule has 1 aromatic carbocycles. The van der Waals surface area contributed by atoms with Crippen molar-refractivity contribution in [3.63, 3.8) is 0 Å². The number of hydrogen-bond acceptors (Lipinski definition) is 6. The molecule has 1 aliphatic rings. The topological polar surface area (TPSA) is 97.8 Å². The highest BCUT2D eigenvalue weighted by Crippen LogP contribution is 2.32. The maximum atomic E-state index is 12.2. The van der Waals surface area contributed by atoms with E-state index in [1.54, 1.807) is 36.7 Å². The van der Waals surface area contributed by atoms with Crippen molar-refractivity contribution in [1.82, 2.24) is 14.6 Å². The van der Waals surface area contributed by atoms with Crippen molar-refractivity contribution in [1.29, 1.82) is 0 Å². The van der Waals surface area contributed by atoms with E-state index in [9.17, 15) is 13.2 Å². The van der Waals surface area contributed by atoms with Crippen LogP contribution in [0.2, 0.25) is 0 Å². The summed E-state index contributed by atoms with van der Waals surface area (Å²) in [7, 11) is -3.53. The Labute approximate surface area is 151 Å². The second-order valence-electron chi connectivity index (χ2n) is 5.85. The third kappa shape index (κ3) is 4.70. The number of rotatable bonds is 7. The van der Waals surface area contributed by atoms with Gasteiger partial charge in [-0.1, -0.05) is 6.07 Å². The van der Waals surface area contributed by atoms with Crippen LogP contribution in [0.5, 0.6) is 11.5 Å². The number of fused-ring (bicyclic) bond motifs is 1.